The number of rotatable bonds is 9. The summed E-state index contributed by atoms with van der Waals surface area (Å²) in [6, 6.07) is 17.5. The van der Waals surface area contributed by atoms with Gasteiger partial charge in [0.1, 0.15) is 5.75 Å². The number of amides is 1. The summed E-state index contributed by atoms with van der Waals surface area (Å²) < 4.78 is 11.4. The fourth-order valence-corrected chi connectivity index (χ4v) is 3.67. The zero-order valence-electron chi connectivity index (χ0n) is 16.9. The minimum absolute atomic E-state index is 0.0378. The number of carbonyl (C=O) groups is 1. The zero-order valence-corrected chi connectivity index (χ0v) is 17.7. The minimum Gasteiger partial charge on any atom is -0.493 e. The number of carbonyl (C=O) groups excluding carboxylic acids is 1. The Kier molecular flexibility index (Phi) is 7.30. The third-order valence-electron chi connectivity index (χ3n) is 4.36. The molecule has 29 heavy (non-hydrogen) atoms. The Balaban J connectivity index is 1.68. The smallest absolute Gasteiger partial charge is 0.277 e. The number of hydrogen-bond acceptors (Lipinski definition) is 6. The average molecular weight is 412 g/mol. The van der Waals surface area contributed by atoms with E-state index in [9.17, 15) is 4.79 Å². The molecule has 7 heteroatoms. The Bertz CT molecular complexity index is 930. The van der Waals surface area contributed by atoms with Crippen LogP contribution in [0.3, 0.4) is 0 Å². The number of hydrogen-bond donors (Lipinski definition) is 0. The molecule has 0 aliphatic carbocycles. The van der Waals surface area contributed by atoms with E-state index >= 15 is 0 Å². The average Bonchev–Trinajstić information content (AvgIpc) is 3.21. The molecule has 3 rings (SSSR count). The molecule has 1 unspecified atom stereocenters. The largest absolute Gasteiger partial charge is 0.493 e. The maximum absolute atomic E-state index is 12.9. The summed E-state index contributed by atoms with van der Waals surface area (Å²) in [6.45, 7) is 7.53. The van der Waals surface area contributed by atoms with Gasteiger partial charge >= 0.3 is 0 Å². The van der Waals surface area contributed by atoms with E-state index in [2.05, 4.69) is 10.2 Å². The third kappa shape index (κ3) is 5.38. The molecule has 0 radical (unpaired) electrons. The highest BCUT2D eigenvalue weighted by Gasteiger charge is 2.23. The molecule has 0 spiro atoms. The summed E-state index contributed by atoms with van der Waals surface area (Å²) in [5, 5.41) is 8.26. The fraction of sp³-hybridized carbons (Fsp3) is 0.318. The maximum Gasteiger partial charge on any atom is 0.277 e. The van der Waals surface area contributed by atoms with Gasteiger partial charge < -0.3 is 14.1 Å². The normalized spacial score (nSPS) is 11.8. The van der Waals surface area contributed by atoms with E-state index in [1.807, 2.05) is 80.3 Å². The summed E-state index contributed by atoms with van der Waals surface area (Å²) in [5.74, 6) is 1.11. The van der Waals surface area contributed by atoms with E-state index in [0.717, 1.165) is 11.1 Å². The molecule has 1 heterocycles. The van der Waals surface area contributed by atoms with Crippen molar-refractivity contribution in [1.82, 2.24) is 15.1 Å². The van der Waals surface area contributed by atoms with Crippen LogP contribution in [-0.4, -0.2) is 39.4 Å². The highest BCUT2D eigenvalue weighted by atomic mass is 32.2. The highest BCUT2D eigenvalue weighted by Crippen LogP contribution is 2.32. The number of para-hydroxylation sites is 1. The topological polar surface area (TPSA) is 68.5 Å². The lowest BCUT2D eigenvalue weighted by Crippen LogP contribution is -2.35. The van der Waals surface area contributed by atoms with E-state index in [4.69, 9.17) is 9.15 Å². The second kappa shape index (κ2) is 10.1. The Morgan fingerprint density at radius 2 is 1.83 bits per heavy atom. The summed E-state index contributed by atoms with van der Waals surface area (Å²) >= 11 is 1.27. The zero-order chi connectivity index (χ0) is 20.6. The Hall–Kier alpha value is -2.80. The van der Waals surface area contributed by atoms with Gasteiger partial charge in [0, 0.05) is 13.1 Å². The van der Waals surface area contributed by atoms with Crippen molar-refractivity contribution < 1.29 is 13.9 Å². The molecule has 0 N–H and O–H groups in total. The molecule has 1 amide bonds. The molecule has 0 saturated heterocycles. The molecule has 2 aromatic carbocycles. The van der Waals surface area contributed by atoms with Gasteiger partial charge in [-0.15, -0.1) is 10.2 Å². The number of benzene rings is 2. The molecule has 0 aliphatic heterocycles. The predicted octanol–water partition coefficient (Wildman–Crippen LogP) is 4.66. The van der Waals surface area contributed by atoms with Gasteiger partial charge in [0.25, 0.3) is 11.1 Å². The lowest BCUT2D eigenvalue weighted by Gasteiger charge is -2.23. The predicted molar refractivity (Wildman–Crippen MR) is 114 cm³/mol. The van der Waals surface area contributed by atoms with Crippen LogP contribution in [0.15, 0.2) is 64.2 Å². The van der Waals surface area contributed by atoms with Crippen molar-refractivity contribution in [3.05, 3.63) is 60.2 Å². The lowest BCUT2D eigenvalue weighted by atomic mass is 10.2. The van der Waals surface area contributed by atoms with Gasteiger partial charge in [-0.2, -0.15) is 0 Å². The quantitative estimate of drug-likeness (QED) is 0.477. The Labute approximate surface area is 175 Å². The second-order valence-corrected chi connectivity index (χ2v) is 7.69. The molecule has 6 nitrogen and oxygen atoms in total. The molecule has 1 aromatic heterocycles. The summed E-state index contributed by atoms with van der Waals surface area (Å²) in [7, 11) is 0. The summed E-state index contributed by atoms with van der Waals surface area (Å²) in [5.41, 5.74) is 1.85. The van der Waals surface area contributed by atoms with Crippen LogP contribution >= 0.6 is 11.8 Å². The summed E-state index contributed by atoms with van der Waals surface area (Å²) in [6.07, 6.45) is 0. The molecular formula is C22H25N3O3S. The van der Waals surface area contributed by atoms with Crippen molar-refractivity contribution >= 4 is 17.7 Å². The molecule has 0 bridgehead atoms. The Morgan fingerprint density at radius 1 is 1.10 bits per heavy atom. The molecule has 152 valence electrons. The molecular weight excluding hydrogens is 386 g/mol. The van der Waals surface area contributed by atoms with E-state index < -0.39 is 0 Å². The standard InChI is InChI=1S/C22H25N3O3S/c1-4-25(15-17-11-7-6-8-12-17)21(26)16(3)29-22-24-23-20(28-22)18-13-9-10-14-19(18)27-5-2/h6-14,16H,4-5,15H2,1-3H3. The van der Waals surface area contributed by atoms with Crippen LogP contribution in [0.4, 0.5) is 0 Å². The van der Waals surface area contributed by atoms with Crippen molar-refractivity contribution in [2.75, 3.05) is 13.2 Å². The van der Waals surface area contributed by atoms with Gasteiger partial charge in [0.15, 0.2) is 0 Å². The SMILES string of the molecule is CCOc1ccccc1-c1nnc(SC(C)C(=O)N(CC)Cc2ccccc2)o1. The lowest BCUT2D eigenvalue weighted by molar-refractivity contribution is -0.130. The molecule has 0 aliphatic rings. The van der Waals surface area contributed by atoms with E-state index in [0.29, 0.717) is 36.6 Å². The maximum atomic E-state index is 12.9. The van der Waals surface area contributed by atoms with Gasteiger partial charge in [0.2, 0.25) is 5.91 Å². The summed E-state index contributed by atoms with van der Waals surface area (Å²) in [4.78, 5) is 14.7. The van der Waals surface area contributed by atoms with Gasteiger partial charge in [-0.25, -0.2) is 0 Å². The van der Waals surface area contributed by atoms with Gasteiger partial charge in [-0.05, 0) is 38.5 Å². The van der Waals surface area contributed by atoms with Crippen LogP contribution in [-0.2, 0) is 11.3 Å². The van der Waals surface area contributed by atoms with Crippen LogP contribution < -0.4 is 4.74 Å². The van der Waals surface area contributed by atoms with Crippen LogP contribution in [0.2, 0.25) is 0 Å². The number of nitrogens with zero attached hydrogens (tertiary/aromatic N) is 3. The molecule has 1 atom stereocenters. The van der Waals surface area contributed by atoms with Gasteiger partial charge in [-0.1, -0.05) is 54.2 Å². The van der Waals surface area contributed by atoms with Crippen LogP contribution in [0.5, 0.6) is 5.75 Å². The minimum atomic E-state index is -0.339. The van der Waals surface area contributed by atoms with Crippen molar-refractivity contribution in [3.8, 4) is 17.2 Å². The number of thioether (sulfide) groups is 1. The highest BCUT2D eigenvalue weighted by molar-refractivity contribution is 8.00. The molecule has 0 fully saturated rings. The first-order chi connectivity index (χ1) is 14.1. The van der Waals surface area contributed by atoms with E-state index in [-0.39, 0.29) is 11.2 Å². The first kappa shape index (κ1) is 20.9. The van der Waals surface area contributed by atoms with E-state index in [1.54, 1.807) is 0 Å². The second-order valence-electron chi connectivity index (χ2n) is 6.40. The van der Waals surface area contributed by atoms with E-state index in [1.165, 1.54) is 11.8 Å². The fourth-order valence-electron chi connectivity index (χ4n) is 2.90. The van der Waals surface area contributed by atoms with Crippen molar-refractivity contribution in [2.45, 2.75) is 37.8 Å². The molecule has 0 saturated carbocycles. The monoisotopic (exact) mass is 411 g/mol. The first-order valence-electron chi connectivity index (χ1n) is 9.67. The third-order valence-corrected chi connectivity index (χ3v) is 5.28. The first-order valence-corrected chi connectivity index (χ1v) is 10.5. The molecule has 3 aromatic rings. The number of ether oxygens (including phenoxy) is 1. The van der Waals surface area contributed by atoms with Crippen LogP contribution in [0.1, 0.15) is 26.3 Å². The Morgan fingerprint density at radius 3 is 2.55 bits per heavy atom. The van der Waals surface area contributed by atoms with Crippen molar-refractivity contribution in [2.24, 2.45) is 0 Å². The van der Waals surface area contributed by atoms with Gasteiger partial charge in [0.05, 0.1) is 17.4 Å². The number of aromatic nitrogens is 2. The van der Waals surface area contributed by atoms with Crippen molar-refractivity contribution in [3.63, 3.8) is 0 Å². The van der Waals surface area contributed by atoms with Crippen LogP contribution in [0, 0.1) is 0 Å². The van der Waals surface area contributed by atoms with Crippen LogP contribution in [0.25, 0.3) is 11.5 Å². The van der Waals surface area contributed by atoms with Gasteiger partial charge in [-0.3, -0.25) is 4.79 Å². The van der Waals surface area contributed by atoms with Crippen molar-refractivity contribution in [1.29, 1.82) is 0 Å².